The largest absolute Gasteiger partial charge is 0.392 e. The summed E-state index contributed by atoms with van der Waals surface area (Å²) in [6.45, 7) is 4.03. The van der Waals surface area contributed by atoms with Crippen LogP contribution in [-0.2, 0) is 6.54 Å². The maximum absolute atomic E-state index is 14.0. The van der Waals surface area contributed by atoms with Crippen molar-refractivity contribution in [2.75, 3.05) is 5.32 Å². The summed E-state index contributed by atoms with van der Waals surface area (Å²) in [7, 11) is 0. The normalized spacial score (nSPS) is 12.6. The van der Waals surface area contributed by atoms with Crippen LogP contribution in [0.25, 0.3) is 22.4 Å². The van der Waals surface area contributed by atoms with Crippen molar-refractivity contribution < 1.29 is 19.4 Å². The van der Waals surface area contributed by atoms with Crippen LogP contribution in [0.3, 0.4) is 0 Å². The van der Waals surface area contributed by atoms with Gasteiger partial charge in [0.15, 0.2) is 0 Å². The highest BCUT2D eigenvalue weighted by molar-refractivity contribution is 6.12. The molecule has 3 N–H and O–H groups in total. The molecular weight excluding hydrogens is 493 g/mol. The van der Waals surface area contributed by atoms with E-state index in [2.05, 4.69) is 5.32 Å². The van der Waals surface area contributed by atoms with Crippen LogP contribution in [0.2, 0.25) is 0 Å². The molecule has 0 saturated carbocycles. The molecule has 0 fully saturated rings. The van der Waals surface area contributed by atoms with Crippen LogP contribution < -0.4 is 5.32 Å². The molecule has 7 heteroatoms. The van der Waals surface area contributed by atoms with Gasteiger partial charge in [0.1, 0.15) is 5.82 Å². The smallest absolute Gasteiger partial charge is 0.258 e. The van der Waals surface area contributed by atoms with Crippen LogP contribution in [0.4, 0.5) is 10.1 Å². The summed E-state index contributed by atoms with van der Waals surface area (Å²) in [6, 6.07) is 26.7. The maximum Gasteiger partial charge on any atom is 0.258 e. The van der Waals surface area contributed by atoms with Gasteiger partial charge in [0.05, 0.1) is 36.0 Å². The molecule has 0 spiro atoms. The third-order valence-electron chi connectivity index (χ3n) is 6.55. The van der Waals surface area contributed by atoms with Crippen LogP contribution in [0.5, 0.6) is 0 Å². The average molecular weight is 526 g/mol. The Bertz CT molecular complexity index is 1440. The summed E-state index contributed by atoms with van der Waals surface area (Å²) in [5, 5.41) is 33.2. The first-order valence-electron chi connectivity index (χ1n) is 13.0. The quantitative estimate of drug-likeness (QED) is 0.224. The summed E-state index contributed by atoms with van der Waals surface area (Å²) in [5.74, 6) is -0.816. The number of carbonyl (C=O) groups is 1. The molecule has 2 unspecified atom stereocenters. The van der Waals surface area contributed by atoms with Crippen molar-refractivity contribution in [3.63, 3.8) is 0 Å². The van der Waals surface area contributed by atoms with Gasteiger partial charge in [-0.25, -0.2) is 4.39 Å². The van der Waals surface area contributed by atoms with E-state index >= 15 is 0 Å². The summed E-state index contributed by atoms with van der Waals surface area (Å²) in [5.41, 5.74) is 4.63. The zero-order valence-corrected chi connectivity index (χ0v) is 22.0. The summed E-state index contributed by atoms with van der Waals surface area (Å²) in [6.07, 6.45) is -2.07. The summed E-state index contributed by atoms with van der Waals surface area (Å²) < 4.78 is 15.9. The number of aliphatic hydroxyl groups excluding tert-OH is 2. The Morgan fingerprint density at radius 2 is 1.54 bits per heavy atom. The van der Waals surface area contributed by atoms with Gasteiger partial charge >= 0.3 is 0 Å². The monoisotopic (exact) mass is 525 g/mol. The second kappa shape index (κ2) is 12.5. The molecule has 39 heavy (non-hydrogen) atoms. The molecule has 0 aliphatic heterocycles. The van der Waals surface area contributed by atoms with E-state index < -0.39 is 12.2 Å². The molecule has 6 nitrogen and oxygen atoms in total. The second-order valence-corrected chi connectivity index (χ2v) is 9.85. The minimum Gasteiger partial charge on any atom is -0.392 e. The number of nitriles is 1. The number of aromatic nitrogens is 1. The SMILES string of the molecule is CC(C)c1c(C(=O)Nc2ccccc2)c(-c2ccccc2)c(-c2ccc(F)cc2)n1CC(O)CC(O)CC#N. The van der Waals surface area contributed by atoms with Gasteiger partial charge in [-0.1, -0.05) is 62.4 Å². The van der Waals surface area contributed by atoms with E-state index in [4.69, 9.17) is 5.26 Å². The highest BCUT2D eigenvalue weighted by Gasteiger charge is 2.31. The topological polar surface area (TPSA) is 98.3 Å². The number of aliphatic hydroxyl groups is 2. The Labute approximate surface area is 228 Å². The van der Waals surface area contributed by atoms with Crippen molar-refractivity contribution >= 4 is 11.6 Å². The Hall–Kier alpha value is -4.25. The minimum absolute atomic E-state index is 0.00164. The van der Waals surface area contributed by atoms with E-state index in [0.29, 0.717) is 33.8 Å². The van der Waals surface area contributed by atoms with Crippen molar-refractivity contribution in [2.45, 2.75) is 51.4 Å². The van der Waals surface area contributed by atoms with Crippen LogP contribution in [-0.4, -0.2) is 32.9 Å². The van der Waals surface area contributed by atoms with Crippen molar-refractivity contribution in [3.05, 3.63) is 102 Å². The van der Waals surface area contributed by atoms with Crippen molar-refractivity contribution in [1.82, 2.24) is 4.57 Å². The number of nitrogens with zero attached hydrogens (tertiary/aromatic N) is 2. The number of hydrogen-bond acceptors (Lipinski definition) is 4. The van der Waals surface area contributed by atoms with E-state index in [1.54, 1.807) is 12.1 Å². The molecule has 1 heterocycles. The lowest BCUT2D eigenvalue weighted by atomic mass is 9.94. The Morgan fingerprint density at radius 1 is 0.923 bits per heavy atom. The van der Waals surface area contributed by atoms with Crippen LogP contribution in [0.1, 0.15) is 48.7 Å². The zero-order chi connectivity index (χ0) is 27.9. The Kier molecular flexibility index (Phi) is 8.92. The van der Waals surface area contributed by atoms with Gasteiger partial charge in [-0.3, -0.25) is 4.79 Å². The minimum atomic E-state index is -0.994. The molecule has 1 aromatic heterocycles. The molecule has 0 radical (unpaired) electrons. The van der Waals surface area contributed by atoms with Gasteiger partial charge in [0.25, 0.3) is 5.91 Å². The van der Waals surface area contributed by atoms with Crippen LogP contribution >= 0.6 is 0 Å². The van der Waals surface area contributed by atoms with Gasteiger partial charge in [-0.05, 0) is 53.4 Å². The third-order valence-corrected chi connectivity index (χ3v) is 6.55. The first-order chi connectivity index (χ1) is 18.8. The van der Waals surface area contributed by atoms with E-state index in [0.717, 1.165) is 5.56 Å². The molecule has 4 aromatic rings. The first kappa shape index (κ1) is 27.8. The van der Waals surface area contributed by atoms with Gasteiger partial charge < -0.3 is 20.1 Å². The molecule has 1 amide bonds. The molecule has 4 rings (SSSR count). The van der Waals surface area contributed by atoms with Gasteiger partial charge in [-0.15, -0.1) is 0 Å². The van der Waals surface area contributed by atoms with Crippen molar-refractivity contribution in [2.24, 2.45) is 0 Å². The molecule has 0 aliphatic rings. The van der Waals surface area contributed by atoms with E-state index in [9.17, 15) is 19.4 Å². The van der Waals surface area contributed by atoms with Crippen molar-refractivity contribution in [1.29, 1.82) is 5.26 Å². The number of anilines is 1. The number of amides is 1. The molecular formula is C32H32FN3O3. The van der Waals surface area contributed by atoms with Crippen LogP contribution in [0.15, 0.2) is 84.9 Å². The number of halogens is 1. The number of benzene rings is 3. The number of nitrogens with one attached hydrogen (secondary N) is 1. The Balaban J connectivity index is 1.98. The van der Waals surface area contributed by atoms with E-state index in [1.165, 1.54) is 12.1 Å². The number of carbonyl (C=O) groups excluding carboxylic acids is 1. The molecule has 0 saturated heterocycles. The number of hydrogen-bond donors (Lipinski definition) is 3. The fraction of sp³-hybridized carbons (Fsp3) is 0.250. The number of rotatable bonds is 10. The highest BCUT2D eigenvalue weighted by atomic mass is 19.1. The van der Waals surface area contributed by atoms with E-state index in [-0.39, 0.29) is 37.0 Å². The maximum atomic E-state index is 14.0. The third kappa shape index (κ3) is 6.43. The summed E-state index contributed by atoms with van der Waals surface area (Å²) in [4.78, 5) is 14.0. The molecule has 0 aliphatic carbocycles. The first-order valence-corrected chi connectivity index (χ1v) is 13.0. The second-order valence-electron chi connectivity index (χ2n) is 9.85. The number of para-hydroxylation sites is 1. The van der Waals surface area contributed by atoms with E-state index in [1.807, 2.05) is 85.1 Å². The Morgan fingerprint density at radius 3 is 2.13 bits per heavy atom. The standard InChI is InChI=1S/C32H32FN3O3/c1-21(2)30-29(32(39)35-25-11-7-4-8-12-25)28(22-9-5-3-6-10-22)31(23-13-15-24(33)16-14-23)36(30)20-27(38)19-26(37)17-18-34/h3-16,21,26-27,37-38H,17,19-20H2,1-2H3,(H,35,39). The van der Waals surface area contributed by atoms with Gasteiger partial charge in [0, 0.05) is 29.9 Å². The lowest BCUT2D eigenvalue weighted by Gasteiger charge is -2.21. The molecule has 3 aromatic carbocycles. The fourth-order valence-electron chi connectivity index (χ4n) is 4.95. The van der Waals surface area contributed by atoms with Gasteiger partial charge in [0.2, 0.25) is 0 Å². The average Bonchev–Trinajstić information content (AvgIpc) is 3.25. The molecule has 200 valence electrons. The lowest BCUT2D eigenvalue weighted by Crippen LogP contribution is -2.24. The van der Waals surface area contributed by atoms with Crippen LogP contribution in [0, 0.1) is 17.1 Å². The predicted octanol–water partition coefficient (Wildman–Crippen LogP) is 6.36. The van der Waals surface area contributed by atoms with Gasteiger partial charge in [-0.2, -0.15) is 5.26 Å². The molecule has 0 bridgehead atoms. The lowest BCUT2D eigenvalue weighted by molar-refractivity contribution is 0.0725. The summed E-state index contributed by atoms with van der Waals surface area (Å²) >= 11 is 0. The predicted molar refractivity (Wildman–Crippen MR) is 151 cm³/mol. The fourth-order valence-corrected chi connectivity index (χ4v) is 4.95. The van der Waals surface area contributed by atoms with Crippen molar-refractivity contribution in [3.8, 4) is 28.5 Å². The highest BCUT2D eigenvalue weighted by Crippen LogP contribution is 2.42. The zero-order valence-electron chi connectivity index (χ0n) is 22.0. The molecule has 2 atom stereocenters.